The minimum Gasteiger partial charge on any atom is -0.478 e. The largest absolute Gasteiger partial charge is 0.478 e. The second-order valence-electron chi connectivity index (χ2n) is 3.92. The molecule has 0 amide bonds. The average Bonchev–Trinajstić information content (AvgIpc) is 2.96. The van der Waals surface area contributed by atoms with E-state index in [9.17, 15) is 18.0 Å². The van der Waals surface area contributed by atoms with Gasteiger partial charge in [0.1, 0.15) is 0 Å². The number of hydrogen-bond donors (Lipinski definition) is 1. The molecule has 2 atom stereocenters. The van der Waals surface area contributed by atoms with E-state index in [2.05, 4.69) is 0 Å². The SMILES string of the molecule is O=C(O)c1cccc(C2CC2C(F)(F)F)c1. The number of alkyl halides is 3. The van der Waals surface area contributed by atoms with Crippen LogP contribution in [0.3, 0.4) is 0 Å². The molecule has 1 N–H and O–H groups in total. The van der Waals surface area contributed by atoms with Crippen molar-refractivity contribution >= 4 is 5.97 Å². The highest BCUT2D eigenvalue weighted by Crippen LogP contribution is 2.56. The minimum absolute atomic E-state index is 0.0327. The zero-order chi connectivity index (χ0) is 11.9. The number of carboxylic acid groups (broad SMARTS) is 1. The van der Waals surface area contributed by atoms with Crippen LogP contribution in [0.15, 0.2) is 24.3 Å². The Hall–Kier alpha value is -1.52. The lowest BCUT2D eigenvalue weighted by molar-refractivity contribution is -0.148. The van der Waals surface area contributed by atoms with Crippen molar-refractivity contribution in [1.82, 2.24) is 0 Å². The Morgan fingerprint density at radius 1 is 1.38 bits per heavy atom. The van der Waals surface area contributed by atoms with Gasteiger partial charge in [-0.25, -0.2) is 4.79 Å². The summed E-state index contributed by atoms with van der Waals surface area (Å²) in [5.74, 6) is -3.00. The van der Waals surface area contributed by atoms with Gasteiger partial charge < -0.3 is 5.11 Å². The molecule has 1 aromatic rings. The fourth-order valence-corrected chi connectivity index (χ4v) is 1.83. The van der Waals surface area contributed by atoms with Gasteiger partial charge in [0, 0.05) is 0 Å². The maximum atomic E-state index is 12.3. The molecule has 1 fully saturated rings. The first kappa shape index (κ1) is 11.0. The summed E-state index contributed by atoms with van der Waals surface area (Å²) in [4.78, 5) is 10.7. The lowest BCUT2D eigenvalue weighted by atomic mass is 10.1. The number of aromatic carboxylic acids is 1. The lowest BCUT2D eigenvalue weighted by Gasteiger charge is -2.05. The first-order valence-corrected chi connectivity index (χ1v) is 4.79. The molecule has 0 spiro atoms. The Kier molecular flexibility index (Phi) is 2.40. The molecule has 1 aliphatic rings. The van der Waals surface area contributed by atoms with Gasteiger partial charge in [0.2, 0.25) is 0 Å². The predicted octanol–water partition coefficient (Wildman–Crippen LogP) is 3.05. The molecule has 2 nitrogen and oxygen atoms in total. The Bertz CT molecular complexity index is 425. The molecule has 0 bridgehead atoms. The van der Waals surface area contributed by atoms with E-state index < -0.39 is 24.0 Å². The fourth-order valence-electron chi connectivity index (χ4n) is 1.83. The molecule has 86 valence electrons. The Balaban J connectivity index is 2.18. The normalized spacial score (nSPS) is 24.2. The molecular weight excluding hydrogens is 221 g/mol. The van der Waals surface area contributed by atoms with Crippen molar-refractivity contribution in [3.05, 3.63) is 35.4 Å². The Labute approximate surface area is 89.7 Å². The molecule has 0 heterocycles. The number of carbonyl (C=O) groups is 1. The summed E-state index contributed by atoms with van der Waals surface area (Å²) in [6, 6.07) is 5.71. The smallest absolute Gasteiger partial charge is 0.392 e. The molecule has 2 rings (SSSR count). The number of halogens is 3. The number of hydrogen-bond acceptors (Lipinski definition) is 1. The van der Waals surface area contributed by atoms with Crippen molar-refractivity contribution in [3.8, 4) is 0 Å². The summed E-state index contributed by atoms with van der Waals surface area (Å²) in [5, 5.41) is 8.71. The first-order chi connectivity index (χ1) is 7.39. The molecule has 5 heteroatoms. The van der Waals surface area contributed by atoms with Crippen molar-refractivity contribution in [2.45, 2.75) is 18.5 Å². The maximum Gasteiger partial charge on any atom is 0.392 e. The zero-order valence-electron chi connectivity index (χ0n) is 8.16. The van der Waals surface area contributed by atoms with Gasteiger partial charge in [0.25, 0.3) is 0 Å². The maximum absolute atomic E-state index is 12.3. The fraction of sp³-hybridized carbons (Fsp3) is 0.364. The quantitative estimate of drug-likeness (QED) is 0.847. The van der Waals surface area contributed by atoms with Crippen LogP contribution in [-0.4, -0.2) is 17.3 Å². The summed E-state index contributed by atoms with van der Waals surface area (Å²) in [6.07, 6.45) is -4.11. The van der Waals surface area contributed by atoms with Crippen LogP contribution in [0.2, 0.25) is 0 Å². The molecule has 0 saturated heterocycles. The lowest BCUT2D eigenvalue weighted by Crippen LogP contribution is -2.11. The standard InChI is InChI=1S/C11H9F3O2/c12-11(13,14)9-5-8(9)6-2-1-3-7(4-6)10(15)16/h1-4,8-9H,5H2,(H,15,16). The Morgan fingerprint density at radius 3 is 2.56 bits per heavy atom. The van der Waals surface area contributed by atoms with Crippen LogP contribution in [0, 0.1) is 5.92 Å². The molecule has 0 aromatic heterocycles. The third kappa shape index (κ3) is 2.03. The van der Waals surface area contributed by atoms with Crippen molar-refractivity contribution in [3.63, 3.8) is 0 Å². The molecular formula is C11H9F3O2. The van der Waals surface area contributed by atoms with Gasteiger partial charge in [-0.3, -0.25) is 0 Å². The monoisotopic (exact) mass is 230 g/mol. The molecule has 1 saturated carbocycles. The van der Waals surface area contributed by atoms with Crippen molar-refractivity contribution < 1.29 is 23.1 Å². The van der Waals surface area contributed by atoms with Crippen molar-refractivity contribution in [2.24, 2.45) is 5.92 Å². The molecule has 0 aliphatic heterocycles. The van der Waals surface area contributed by atoms with E-state index in [1.807, 2.05) is 0 Å². The highest BCUT2D eigenvalue weighted by Gasteiger charge is 2.56. The predicted molar refractivity (Wildman–Crippen MR) is 50.3 cm³/mol. The van der Waals surface area contributed by atoms with E-state index in [0.29, 0.717) is 5.56 Å². The Morgan fingerprint density at radius 2 is 2.06 bits per heavy atom. The molecule has 0 radical (unpaired) electrons. The van der Waals surface area contributed by atoms with E-state index in [1.54, 1.807) is 6.07 Å². The van der Waals surface area contributed by atoms with E-state index in [0.717, 1.165) is 0 Å². The van der Waals surface area contributed by atoms with Crippen molar-refractivity contribution in [2.75, 3.05) is 0 Å². The number of benzene rings is 1. The van der Waals surface area contributed by atoms with Gasteiger partial charge in [-0.05, 0) is 30.0 Å². The second kappa shape index (κ2) is 3.50. The van der Waals surface area contributed by atoms with Crippen molar-refractivity contribution in [1.29, 1.82) is 0 Å². The van der Waals surface area contributed by atoms with Crippen LogP contribution in [0.4, 0.5) is 13.2 Å². The van der Waals surface area contributed by atoms with Crippen LogP contribution in [0.1, 0.15) is 28.3 Å². The van der Waals surface area contributed by atoms with Crippen LogP contribution in [0.25, 0.3) is 0 Å². The van der Waals surface area contributed by atoms with Crippen LogP contribution < -0.4 is 0 Å². The first-order valence-electron chi connectivity index (χ1n) is 4.79. The summed E-state index contributed by atoms with van der Waals surface area (Å²) in [5.41, 5.74) is 0.493. The van der Waals surface area contributed by atoms with Crippen LogP contribution in [-0.2, 0) is 0 Å². The average molecular weight is 230 g/mol. The van der Waals surface area contributed by atoms with Gasteiger partial charge in [0.05, 0.1) is 11.5 Å². The topological polar surface area (TPSA) is 37.3 Å². The van der Waals surface area contributed by atoms with Gasteiger partial charge in [0.15, 0.2) is 0 Å². The van der Waals surface area contributed by atoms with Gasteiger partial charge in [-0.15, -0.1) is 0 Å². The van der Waals surface area contributed by atoms with Crippen LogP contribution in [0.5, 0.6) is 0 Å². The van der Waals surface area contributed by atoms with E-state index >= 15 is 0 Å². The van der Waals surface area contributed by atoms with E-state index in [-0.39, 0.29) is 12.0 Å². The second-order valence-corrected chi connectivity index (χ2v) is 3.92. The highest BCUT2D eigenvalue weighted by atomic mass is 19.4. The number of rotatable bonds is 2. The summed E-state index contributed by atoms with van der Waals surface area (Å²) in [7, 11) is 0. The zero-order valence-corrected chi connectivity index (χ0v) is 8.16. The van der Waals surface area contributed by atoms with Crippen LogP contribution >= 0.6 is 0 Å². The molecule has 1 aromatic carbocycles. The summed E-state index contributed by atoms with van der Waals surface area (Å²) < 4.78 is 37.0. The summed E-state index contributed by atoms with van der Waals surface area (Å²) in [6.45, 7) is 0. The van der Waals surface area contributed by atoms with Gasteiger partial charge >= 0.3 is 12.1 Å². The molecule has 16 heavy (non-hydrogen) atoms. The van der Waals surface area contributed by atoms with Gasteiger partial charge in [-0.1, -0.05) is 12.1 Å². The third-order valence-electron chi connectivity index (χ3n) is 2.77. The minimum atomic E-state index is -4.18. The van der Waals surface area contributed by atoms with Gasteiger partial charge in [-0.2, -0.15) is 13.2 Å². The number of carboxylic acids is 1. The molecule has 1 aliphatic carbocycles. The van der Waals surface area contributed by atoms with E-state index in [1.165, 1.54) is 18.2 Å². The third-order valence-corrected chi connectivity index (χ3v) is 2.77. The van der Waals surface area contributed by atoms with E-state index in [4.69, 9.17) is 5.11 Å². The molecule has 2 unspecified atom stereocenters. The highest BCUT2D eigenvalue weighted by molar-refractivity contribution is 5.87. The summed E-state index contributed by atoms with van der Waals surface area (Å²) >= 11 is 0.